The smallest absolute Gasteiger partial charge is 0.153 e. The fraction of sp³-hybridized carbons (Fsp3) is 0.364. The molecule has 5 rings (SSSR count). The molecule has 3 aromatic heterocycles. The second-order valence-corrected chi connectivity index (χ2v) is 7.83. The molecule has 0 atom stereocenters. The summed E-state index contributed by atoms with van der Waals surface area (Å²) < 4.78 is 0. The first-order valence-electron chi connectivity index (χ1n) is 9.98. The largest absolute Gasteiger partial charge is 0.382 e. The molecule has 0 aliphatic heterocycles. The van der Waals surface area contributed by atoms with Gasteiger partial charge in [0.25, 0.3) is 0 Å². The van der Waals surface area contributed by atoms with Gasteiger partial charge in [-0.1, -0.05) is 38.2 Å². The highest BCUT2D eigenvalue weighted by atomic mass is 15.1. The van der Waals surface area contributed by atoms with E-state index in [-0.39, 0.29) is 0 Å². The first-order chi connectivity index (χ1) is 13.3. The third kappa shape index (κ3) is 3.07. The minimum atomic E-state index is 0.541. The zero-order valence-electron chi connectivity index (χ0n) is 15.5. The Balaban J connectivity index is 1.47. The van der Waals surface area contributed by atoms with Crippen molar-refractivity contribution in [2.45, 2.75) is 44.9 Å². The number of H-pyrrole nitrogens is 2. The molecule has 1 saturated carbocycles. The van der Waals surface area contributed by atoms with E-state index in [4.69, 9.17) is 5.73 Å². The predicted octanol–water partition coefficient (Wildman–Crippen LogP) is 5.20. The van der Waals surface area contributed by atoms with Crippen molar-refractivity contribution < 1.29 is 0 Å². The minimum Gasteiger partial charge on any atom is -0.382 e. The number of nitrogens with one attached hydrogen (secondary N) is 2. The lowest BCUT2D eigenvalue weighted by Gasteiger charge is -2.20. The molecule has 0 amide bonds. The molecule has 0 spiro atoms. The van der Waals surface area contributed by atoms with Gasteiger partial charge in [-0.3, -0.25) is 5.10 Å². The fourth-order valence-corrected chi connectivity index (χ4v) is 4.51. The minimum absolute atomic E-state index is 0.541. The van der Waals surface area contributed by atoms with Crippen LogP contribution in [0, 0.1) is 5.92 Å². The number of benzene rings is 1. The SMILES string of the molecule is Nc1n[nH]c2ccc(-c3ccnc4[nH]c(CCC5CCCCC5)cc34)cc12. The van der Waals surface area contributed by atoms with E-state index < -0.39 is 0 Å². The quantitative estimate of drug-likeness (QED) is 0.468. The monoisotopic (exact) mass is 359 g/mol. The van der Waals surface area contributed by atoms with Crippen LogP contribution in [-0.4, -0.2) is 20.2 Å². The molecule has 5 heteroatoms. The van der Waals surface area contributed by atoms with E-state index in [1.807, 2.05) is 12.3 Å². The molecule has 4 aromatic rings. The summed E-state index contributed by atoms with van der Waals surface area (Å²) in [5.74, 6) is 1.43. The zero-order chi connectivity index (χ0) is 18.2. The van der Waals surface area contributed by atoms with Crippen molar-refractivity contribution in [1.82, 2.24) is 20.2 Å². The van der Waals surface area contributed by atoms with Crippen LogP contribution in [0.15, 0.2) is 36.5 Å². The van der Waals surface area contributed by atoms with Crippen LogP contribution in [0.2, 0.25) is 0 Å². The third-order valence-electron chi connectivity index (χ3n) is 6.04. The number of aryl methyl sites for hydroxylation is 1. The van der Waals surface area contributed by atoms with Crippen LogP contribution in [0.4, 0.5) is 5.82 Å². The molecule has 27 heavy (non-hydrogen) atoms. The Morgan fingerprint density at radius 1 is 1.04 bits per heavy atom. The highest BCUT2D eigenvalue weighted by Gasteiger charge is 2.15. The maximum atomic E-state index is 5.99. The van der Waals surface area contributed by atoms with E-state index in [0.29, 0.717) is 5.82 Å². The molecular formula is C22H25N5. The third-order valence-corrected chi connectivity index (χ3v) is 6.04. The summed E-state index contributed by atoms with van der Waals surface area (Å²) >= 11 is 0. The summed E-state index contributed by atoms with van der Waals surface area (Å²) in [7, 11) is 0. The van der Waals surface area contributed by atoms with Crippen LogP contribution in [0.1, 0.15) is 44.2 Å². The number of hydrogen-bond acceptors (Lipinski definition) is 3. The molecule has 0 radical (unpaired) electrons. The number of hydrogen-bond donors (Lipinski definition) is 3. The molecule has 3 heterocycles. The second-order valence-electron chi connectivity index (χ2n) is 7.83. The molecule has 1 aliphatic rings. The summed E-state index contributed by atoms with van der Waals surface area (Å²) in [6.45, 7) is 0. The van der Waals surface area contributed by atoms with Gasteiger partial charge in [-0.25, -0.2) is 4.98 Å². The van der Waals surface area contributed by atoms with Crippen molar-refractivity contribution in [3.63, 3.8) is 0 Å². The van der Waals surface area contributed by atoms with Crippen LogP contribution in [-0.2, 0) is 6.42 Å². The van der Waals surface area contributed by atoms with Crippen LogP contribution >= 0.6 is 0 Å². The Morgan fingerprint density at radius 2 is 1.93 bits per heavy atom. The summed E-state index contributed by atoms with van der Waals surface area (Å²) in [4.78, 5) is 8.09. The van der Waals surface area contributed by atoms with E-state index in [1.165, 1.54) is 55.2 Å². The van der Waals surface area contributed by atoms with Crippen LogP contribution < -0.4 is 5.73 Å². The molecule has 0 bridgehead atoms. The second kappa shape index (κ2) is 6.72. The van der Waals surface area contributed by atoms with Gasteiger partial charge in [-0.05, 0) is 54.2 Å². The molecule has 1 aromatic carbocycles. The number of fused-ring (bicyclic) bond motifs is 2. The van der Waals surface area contributed by atoms with Gasteiger partial charge in [-0.2, -0.15) is 5.10 Å². The Labute approximate surface area is 158 Å². The van der Waals surface area contributed by atoms with Crippen LogP contribution in [0.5, 0.6) is 0 Å². The first-order valence-corrected chi connectivity index (χ1v) is 9.98. The lowest BCUT2D eigenvalue weighted by atomic mass is 9.86. The topological polar surface area (TPSA) is 83.4 Å². The van der Waals surface area contributed by atoms with Crippen molar-refractivity contribution in [2.24, 2.45) is 5.92 Å². The lowest BCUT2D eigenvalue weighted by molar-refractivity contribution is 0.338. The van der Waals surface area contributed by atoms with Crippen molar-refractivity contribution in [1.29, 1.82) is 0 Å². The molecule has 1 aliphatic carbocycles. The number of pyridine rings is 1. The van der Waals surface area contributed by atoms with Crippen LogP contribution in [0.25, 0.3) is 33.1 Å². The van der Waals surface area contributed by atoms with Gasteiger partial charge in [0, 0.05) is 22.7 Å². The molecular weight excluding hydrogens is 334 g/mol. The van der Waals surface area contributed by atoms with E-state index in [2.05, 4.69) is 44.4 Å². The van der Waals surface area contributed by atoms with Crippen molar-refractivity contribution in [2.75, 3.05) is 5.73 Å². The maximum absolute atomic E-state index is 5.99. The number of nitrogens with two attached hydrogens (primary N) is 1. The van der Waals surface area contributed by atoms with Gasteiger partial charge >= 0.3 is 0 Å². The van der Waals surface area contributed by atoms with E-state index in [9.17, 15) is 0 Å². The summed E-state index contributed by atoms with van der Waals surface area (Å²) in [5.41, 5.74) is 11.5. The Morgan fingerprint density at radius 3 is 2.81 bits per heavy atom. The van der Waals surface area contributed by atoms with E-state index >= 15 is 0 Å². The predicted molar refractivity (Wildman–Crippen MR) is 110 cm³/mol. The number of anilines is 1. The van der Waals surface area contributed by atoms with Gasteiger partial charge in [0.1, 0.15) is 5.65 Å². The number of nitrogen functional groups attached to an aromatic ring is 1. The van der Waals surface area contributed by atoms with Gasteiger partial charge in [0.2, 0.25) is 0 Å². The van der Waals surface area contributed by atoms with Crippen molar-refractivity contribution in [3.8, 4) is 11.1 Å². The average molecular weight is 359 g/mol. The van der Waals surface area contributed by atoms with Crippen molar-refractivity contribution >= 4 is 27.8 Å². The Kier molecular flexibility index (Phi) is 4.07. The normalized spacial score (nSPS) is 15.7. The Bertz CT molecular complexity index is 1080. The molecule has 0 saturated heterocycles. The molecule has 0 unspecified atom stereocenters. The lowest BCUT2D eigenvalue weighted by Crippen LogP contribution is -2.07. The number of aromatic amines is 2. The maximum Gasteiger partial charge on any atom is 0.153 e. The van der Waals surface area contributed by atoms with E-state index in [0.717, 1.165) is 34.5 Å². The highest BCUT2D eigenvalue weighted by molar-refractivity contribution is 5.98. The molecule has 4 N–H and O–H groups in total. The molecule has 5 nitrogen and oxygen atoms in total. The van der Waals surface area contributed by atoms with Crippen molar-refractivity contribution in [3.05, 3.63) is 42.2 Å². The van der Waals surface area contributed by atoms with Gasteiger partial charge in [0.15, 0.2) is 5.82 Å². The van der Waals surface area contributed by atoms with Gasteiger partial charge in [0.05, 0.1) is 5.52 Å². The highest BCUT2D eigenvalue weighted by Crippen LogP contribution is 2.32. The average Bonchev–Trinajstić information content (AvgIpc) is 3.30. The number of rotatable bonds is 4. The van der Waals surface area contributed by atoms with Gasteiger partial charge in [-0.15, -0.1) is 0 Å². The first kappa shape index (κ1) is 16.4. The number of aromatic nitrogens is 4. The number of nitrogens with zero attached hydrogens (tertiary/aromatic N) is 2. The standard InChI is InChI=1S/C22H25N5/c23-21-19-12-15(7-9-20(19)26-27-21)17-10-11-24-22-18(17)13-16(25-22)8-6-14-4-2-1-3-5-14/h7,9-14H,1-6,8H2,(H,24,25)(H3,23,26,27). The Hall–Kier alpha value is -2.82. The zero-order valence-corrected chi connectivity index (χ0v) is 15.5. The van der Waals surface area contributed by atoms with Crippen LogP contribution in [0.3, 0.4) is 0 Å². The molecule has 138 valence electrons. The van der Waals surface area contributed by atoms with Gasteiger partial charge < -0.3 is 10.7 Å². The summed E-state index contributed by atoms with van der Waals surface area (Å²) in [5, 5.41) is 9.20. The fourth-order valence-electron chi connectivity index (χ4n) is 4.51. The summed E-state index contributed by atoms with van der Waals surface area (Å²) in [6.07, 6.45) is 11.3. The van der Waals surface area contributed by atoms with E-state index in [1.54, 1.807) is 0 Å². The molecule has 1 fully saturated rings. The summed E-state index contributed by atoms with van der Waals surface area (Å²) in [6, 6.07) is 10.6.